The molecule has 1 unspecified atom stereocenters. The zero-order chi connectivity index (χ0) is 15.3. The molecule has 0 aromatic carbocycles. The van der Waals surface area contributed by atoms with Crippen molar-refractivity contribution < 1.29 is 4.74 Å². The van der Waals surface area contributed by atoms with E-state index < -0.39 is 0 Å². The second kappa shape index (κ2) is 7.88. The Kier molecular flexibility index (Phi) is 5.88. The van der Waals surface area contributed by atoms with Gasteiger partial charge in [-0.1, -0.05) is 0 Å². The van der Waals surface area contributed by atoms with Crippen LogP contribution in [0.1, 0.15) is 26.2 Å². The molecule has 0 aliphatic carbocycles. The Morgan fingerprint density at radius 3 is 2.64 bits per heavy atom. The lowest BCUT2D eigenvalue weighted by Crippen LogP contribution is -2.56. The molecule has 126 valence electrons. The molecule has 0 amide bonds. The van der Waals surface area contributed by atoms with E-state index in [4.69, 9.17) is 9.73 Å². The van der Waals surface area contributed by atoms with Crippen LogP contribution in [0, 0.1) is 0 Å². The number of morpholine rings is 1. The largest absolute Gasteiger partial charge is 0.379 e. The van der Waals surface area contributed by atoms with Gasteiger partial charge in [0.15, 0.2) is 5.96 Å². The number of nitrogens with one attached hydrogen (secondary N) is 1. The Morgan fingerprint density at radius 2 is 2.00 bits per heavy atom. The third-order valence-corrected chi connectivity index (χ3v) is 6.26. The second-order valence-corrected chi connectivity index (χ2v) is 7.60. The van der Waals surface area contributed by atoms with Crippen molar-refractivity contribution in [3.8, 4) is 0 Å². The fourth-order valence-electron chi connectivity index (χ4n) is 3.69. The first-order valence-electron chi connectivity index (χ1n) is 8.78. The van der Waals surface area contributed by atoms with Gasteiger partial charge in [-0.25, -0.2) is 0 Å². The molecule has 3 rings (SSSR count). The van der Waals surface area contributed by atoms with Crippen molar-refractivity contribution in [1.29, 1.82) is 0 Å². The highest BCUT2D eigenvalue weighted by Crippen LogP contribution is 2.34. The summed E-state index contributed by atoms with van der Waals surface area (Å²) in [6.07, 6.45) is 3.87. The lowest BCUT2D eigenvalue weighted by Gasteiger charge is -2.42. The molecule has 3 aliphatic heterocycles. The number of guanidine groups is 1. The van der Waals surface area contributed by atoms with Gasteiger partial charge in [0, 0.05) is 38.5 Å². The quantitative estimate of drug-likeness (QED) is 0.622. The van der Waals surface area contributed by atoms with Gasteiger partial charge < -0.3 is 15.0 Å². The minimum absolute atomic E-state index is 0.259. The fraction of sp³-hybridized carbons (Fsp3) is 0.938. The molecule has 3 saturated heterocycles. The van der Waals surface area contributed by atoms with Gasteiger partial charge in [-0.15, -0.1) is 0 Å². The predicted octanol–water partition coefficient (Wildman–Crippen LogP) is 1.26. The summed E-state index contributed by atoms with van der Waals surface area (Å²) in [6, 6.07) is 0. The van der Waals surface area contributed by atoms with Crippen LogP contribution in [0.15, 0.2) is 4.99 Å². The van der Waals surface area contributed by atoms with Gasteiger partial charge in [-0.2, -0.15) is 11.8 Å². The van der Waals surface area contributed by atoms with Crippen molar-refractivity contribution >= 4 is 17.7 Å². The van der Waals surface area contributed by atoms with Crippen LogP contribution in [0.4, 0.5) is 0 Å². The molecule has 0 aromatic heterocycles. The average Bonchev–Trinajstić information content (AvgIpc) is 3.25. The lowest BCUT2D eigenvalue weighted by molar-refractivity contribution is -0.0105. The summed E-state index contributed by atoms with van der Waals surface area (Å²) in [5, 5.41) is 3.49. The predicted molar refractivity (Wildman–Crippen MR) is 93.9 cm³/mol. The highest BCUT2D eigenvalue weighted by atomic mass is 32.2. The number of rotatable bonds is 4. The van der Waals surface area contributed by atoms with Gasteiger partial charge in [-0.3, -0.25) is 9.89 Å². The maximum absolute atomic E-state index is 5.54. The van der Waals surface area contributed by atoms with Crippen LogP contribution >= 0.6 is 11.8 Å². The highest BCUT2D eigenvalue weighted by Gasteiger charge is 2.40. The third kappa shape index (κ3) is 3.71. The Bertz CT molecular complexity index is 372. The summed E-state index contributed by atoms with van der Waals surface area (Å²) >= 11 is 2.09. The molecule has 3 aliphatic rings. The van der Waals surface area contributed by atoms with E-state index >= 15 is 0 Å². The van der Waals surface area contributed by atoms with Crippen molar-refractivity contribution in [3.05, 3.63) is 0 Å². The molecule has 0 saturated carbocycles. The second-order valence-electron chi connectivity index (χ2n) is 6.49. The Morgan fingerprint density at radius 1 is 1.23 bits per heavy atom. The molecule has 0 spiro atoms. The number of nitrogens with zero attached hydrogens (tertiary/aromatic N) is 3. The standard InChI is InChI=1S/C16H30N4OS/c1-2-17-15(19-6-3-4-7-19)18-13-16(5-12-22-14-16)20-8-10-21-11-9-20/h2-14H2,1H3,(H,17,18). The van der Waals surface area contributed by atoms with Gasteiger partial charge in [-0.05, 0) is 31.9 Å². The molecule has 6 heteroatoms. The molecular formula is C16H30N4OS. The normalized spacial score (nSPS) is 31.0. The van der Waals surface area contributed by atoms with Gasteiger partial charge in [0.2, 0.25) is 0 Å². The van der Waals surface area contributed by atoms with E-state index in [-0.39, 0.29) is 5.54 Å². The van der Waals surface area contributed by atoms with Crippen LogP contribution in [-0.2, 0) is 4.74 Å². The van der Waals surface area contributed by atoms with Crippen LogP contribution in [0.5, 0.6) is 0 Å². The maximum Gasteiger partial charge on any atom is 0.193 e. The third-order valence-electron chi connectivity index (χ3n) is 5.03. The molecular weight excluding hydrogens is 296 g/mol. The Balaban J connectivity index is 1.69. The van der Waals surface area contributed by atoms with E-state index in [9.17, 15) is 0 Å². The van der Waals surface area contributed by atoms with Gasteiger partial charge in [0.25, 0.3) is 0 Å². The molecule has 1 atom stereocenters. The number of hydrogen-bond acceptors (Lipinski definition) is 4. The minimum Gasteiger partial charge on any atom is -0.379 e. The summed E-state index contributed by atoms with van der Waals surface area (Å²) < 4.78 is 5.54. The fourth-order valence-corrected chi connectivity index (χ4v) is 5.15. The Hall–Kier alpha value is -0.460. The average molecular weight is 327 g/mol. The summed E-state index contributed by atoms with van der Waals surface area (Å²) in [6.45, 7) is 10.2. The number of hydrogen-bond donors (Lipinski definition) is 1. The zero-order valence-corrected chi connectivity index (χ0v) is 14.7. The summed E-state index contributed by atoms with van der Waals surface area (Å²) in [4.78, 5) is 10.1. The molecule has 5 nitrogen and oxygen atoms in total. The van der Waals surface area contributed by atoms with Crippen molar-refractivity contribution in [2.75, 3.05) is 64.0 Å². The minimum atomic E-state index is 0.259. The van der Waals surface area contributed by atoms with E-state index in [0.29, 0.717) is 0 Å². The first-order valence-corrected chi connectivity index (χ1v) is 9.93. The van der Waals surface area contributed by atoms with E-state index in [1.54, 1.807) is 0 Å². The SMILES string of the molecule is CCNC(=NCC1(N2CCOCC2)CCSC1)N1CCCC1. The first kappa shape index (κ1) is 16.4. The van der Waals surface area contributed by atoms with Crippen LogP contribution < -0.4 is 5.32 Å². The first-order chi connectivity index (χ1) is 10.8. The zero-order valence-electron chi connectivity index (χ0n) is 13.9. The van der Waals surface area contributed by atoms with Crippen molar-refractivity contribution in [1.82, 2.24) is 15.1 Å². The number of thioether (sulfide) groups is 1. The Labute approximate surface area is 138 Å². The molecule has 0 bridgehead atoms. The smallest absolute Gasteiger partial charge is 0.193 e. The van der Waals surface area contributed by atoms with Crippen molar-refractivity contribution in [3.63, 3.8) is 0 Å². The summed E-state index contributed by atoms with van der Waals surface area (Å²) in [5.41, 5.74) is 0.259. The molecule has 0 aromatic rings. The molecule has 1 N–H and O–H groups in total. The van der Waals surface area contributed by atoms with Crippen molar-refractivity contribution in [2.45, 2.75) is 31.7 Å². The van der Waals surface area contributed by atoms with Crippen LogP contribution in [0.25, 0.3) is 0 Å². The number of ether oxygens (including phenoxy) is 1. The monoisotopic (exact) mass is 326 g/mol. The van der Waals surface area contributed by atoms with E-state index in [0.717, 1.165) is 58.4 Å². The lowest BCUT2D eigenvalue weighted by atomic mass is 9.96. The number of likely N-dealkylation sites (tertiary alicyclic amines) is 1. The summed E-state index contributed by atoms with van der Waals surface area (Å²) in [5.74, 6) is 3.62. The van der Waals surface area contributed by atoms with Crippen LogP contribution in [0.2, 0.25) is 0 Å². The molecule has 0 radical (unpaired) electrons. The molecule has 22 heavy (non-hydrogen) atoms. The van der Waals surface area contributed by atoms with E-state index in [1.807, 2.05) is 0 Å². The summed E-state index contributed by atoms with van der Waals surface area (Å²) in [7, 11) is 0. The van der Waals surface area contributed by atoms with E-state index in [2.05, 4.69) is 33.8 Å². The van der Waals surface area contributed by atoms with E-state index in [1.165, 1.54) is 30.8 Å². The van der Waals surface area contributed by atoms with Crippen LogP contribution in [0.3, 0.4) is 0 Å². The van der Waals surface area contributed by atoms with Gasteiger partial charge >= 0.3 is 0 Å². The number of aliphatic imine (C=N–C) groups is 1. The molecule has 3 heterocycles. The van der Waals surface area contributed by atoms with Gasteiger partial charge in [0.1, 0.15) is 0 Å². The highest BCUT2D eigenvalue weighted by molar-refractivity contribution is 7.99. The molecule has 3 fully saturated rings. The van der Waals surface area contributed by atoms with Crippen molar-refractivity contribution in [2.24, 2.45) is 4.99 Å². The maximum atomic E-state index is 5.54. The van der Waals surface area contributed by atoms with Gasteiger partial charge in [0.05, 0.1) is 25.3 Å². The topological polar surface area (TPSA) is 40.1 Å². The van der Waals surface area contributed by atoms with Crippen LogP contribution in [-0.4, -0.2) is 85.3 Å².